The number of benzene rings is 3. The average Bonchev–Trinajstić information content (AvgIpc) is 2.78. The molecule has 0 saturated carbocycles. The lowest BCUT2D eigenvalue weighted by Gasteiger charge is -2.13. The lowest BCUT2D eigenvalue weighted by Crippen LogP contribution is -2.29. The number of carbonyl (C=O) groups excluding carboxylic acids is 2. The molecule has 0 fully saturated rings. The monoisotopic (exact) mass is 419 g/mol. The standard InChI is InChI=1S/C25H25NO5/c1-4-30-23-15-18(9-13-22(23)29-3)10-14-24(27)31-17(2)25(28)26-21-12-11-19-7-5-6-8-20(19)16-21/h5-17H,4H2,1-3H3,(H,26,28)/b14-10+/t17-/m1/s1. The van der Waals surface area contributed by atoms with Gasteiger partial charge in [-0.05, 0) is 60.5 Å². The summed E-state index contributed by atoms with van der Waals surface area (Å²) < 4.78 is 16.0. The highest BCUT2D eigenvalue weighted by molar-refractivity contribution is 5.98. The van der Waals surface area contributed by atoms with E-state index in [1.54, 1.807) is 31.4 Å². The van der Waals surface area contributed by atoms with Crippen LogP contribution in [0.3, 0.4) is 0 Å². The van der Waals surface area contributed by atoms with Gasteiger partial charge in [-0.2, -0.15) is 0 Å². The van der Waals surface area contributed by atoms with E-state index in [-0.39, 0.29) is 0 Å². The zero-order valence-electron chi connectivity index (χ0n) is 17.8. The second-order valence-corrected chi connectivity index (χ2v) is 6.81. The predicted octanol–water partition coefficient (Wildman–Crippen LogP) is 4.83. The van der Waals surface area contributed by atoms with Crippen LogP contribution in [0.25, 0.3) is 16.8 Å². The first-order valence-corrected chi connectivity index (χ1v) is 9.99. The maximum absolute atomic E-state index is 12.4. The number of hydrogen-bond acceptors (Lipinski definition) is 5. The molecule has 1 amide bonds. The van der Waals surface area contributed by atoms with Crippen LogP contribution < -0.4 is 14.8 Å². The summed E-state index contributed by atoms with van der Waals surface area (Å²) >= 11 is 0. The van der Waals surface area contributed by atoms with E-state index >= 15 is 0 Å². The van der Waals surface area contributed by atoms with Crippen LogP contribution in [0, 0.1) is 0 Å². The van der Waals surface area contributed by atoms with Crippen molar-refractivity contribution in [2.24, 2.45) is 0 Å². The van der Waals surface area contributed by atoms with E-state index < -0.39 is 18.0 Å². The highest BCUT2D eigenvalue weighted by Crippen LogP contribution is 2.28. The van der Waals surface area contributed by atoms with E-state index in [0.29, 0.717) is 23.8 Å². The minimum absolute atomic E-state index is 0.403. The molecule has 0 aromatic heterocycles. The second-order valence-electron chi connectivity index (χ2n) is 6.81. The van der Waals surface area contributed by atoms with Crippen molar-refractivity contribution in [3.05, 3.63) is 72.3 Å². The highest BCUT2D eigenvalue weighted by Gasteiger charge is 2.17. The minimum atomic E-state index is -0.946. The number of esters is 1. The fraction of sp³-hybridized carbons (Fsp3) is 0.200. The molecule has 3 aromatic carbocycles. The van der Waals surface area contributed by atoms with Crippen LogP contribution in [0.5, 0.6) is 11.5 Å². The molecule has 6 heteroatoms. The summed E-state index contributed by atoms with van der Waals surface area (Å²) in [5.41, 5.74) is 1.39. The third-order valence-electron chi connectivity index (χ3n) is 4.58. The first-order valence-electron chi connectivity index (χ1n) is 9.99. The second kappa shape index (κ2) is 10.3. The Labute approximate surface area is 181 Å². The van der Waals surface area contributed by atoms with Crippen LogP contribution in [-0.2, 0) is 14.3 Å². The summed E-state index contributed by atoms with van der Waals surface area (Å²) in [5, 5.41) is 4.87. The van der Waals surface area contributed by atoms with Gasteiger partial charge in [0.05, 0.1) is 13.7 Å². The Balaban J connectivity index is 1.59. The lowest BCUT2D eigenvalue weighted by molar-refractivity contribution is -0.148. The van der Waals surface area contributed by atoms with Crippen molar-refractivity contribution in [1.82, 2.24) is 0 Å². The summed E-state index contributed by atoms with van der Waals surface area (Å²) in [7, 11) is 1.56. The van der Waals surface area contributed by atoms with Gasteiger partial charge in [-0.3, -0.25) is 4.79 Å². The van der Waals surface area contributed by atoms with Gasteiger partial charge < -0.3 is 19.5 Å². The van der Waals surface area contributed by atoms with E-state index in [0.717, 1.165) is 16.3 Å². The fourth-order valence-corrected chi connectivity index (χ4v) is 3.01. The Hall–Kier alpha value is -3.80. The van der Waals surface area contributed by atoms with Crippen molar-refractivity contribution < 1.29 is 23.8 Å². The van der Waals surface area contributed by atoms with E-state index in [1.807, 2.05) is 49.4 Å². The molecular formula is C25H25NO5. The molecule has 31 heavy (non-hydrogen) atoms. The molecule has 3 rings (SSSR count). The summed E-state index contributed by atoms with van der Waals surface area (Å²) in [6.07, 6.45) is 1.92. The van der Waals surface area contributed by atoms with Gasteiger partial charge in [0.15, 0.2) is 17.6 Å². The van der Waals surface area contributed by atoms with E-state index in [1.165, 1.54) is 13.0 Å². The molecule has 0 unspecified atom stereocenters. The Morgan fingerprint density at radius 3 is 2.52 bits per heavy atom. The average molecular weight is 419 g/mol. The molecule has 6 nitrogen and oxygen atoms in total. The number of ether oxygens (including phenoxy) is 3. The number of rotatable bonds is 8. The van der Waals surface area contributed by atoms with Crippen LogP contribution in [0.2, 0.25) is 0 Å². The Morgan fingerprint density at radius 2 is 1.77 bits per heavy atom. The van der Waals surface area contributed by atoms with Gasteiger partial charge in [0.1, 0.15) is 0 Å². The summed E-state index contributed by atoms with van der Waals surface area (Å²) in [5.74, 6) is 0.180. The van der Waals surface area contributed by atoms with Crippen molar-refractivity contribution in [2.75, 3.05) is 19.0 Å². The van der Waals surface area contributed by atoms with Crippen molar-refractivity contribution in [1.29, 1.82) is 0 Å². The number of fused-ring (bicyclic) bond motifs is 1. The molecular weight excluding hydrogens is 394 g/mol. The zero-order valence-corrected chi connectivity index (χ0v) is 17.8. The van der Waals surface area contributed by atoms with Gasteiger partial charge in [0.2, 0.25) is 0 Å². The fourth-order valence-electron chi connectivity index (χ4n) is 3.01. The van der Waals surface area contributed by atoms with Gasteiger partial charge in [0.25, 0.3) is 5.91 Å². The molecule has 3 aromatic rings. The first kappa shape index (κ1) is 21.9. The molecule has 0 spiro atoms. The maximum atomic E-state index is 12.4. The Kier molecular flexibility index (Phi) is 7.27. The number of amides is 1. The van der Waals surface area contributed by atoms with Crippen molar-refractivity contribution in [3.8, 4) is 11.5 Å². The molecule has 0 saturated heterocycles. The van der Waals surface area contributed by atoms with Crippen molar-refractivity contribution in [3.63, 3.8) is 0 Å². The van der Waals surface area contributed by atoms with E-state index in [4.69, 9.17) is 14.2 Å². The van der Waals surface area contributed by atoms with Gasteiger partial charge in [0, 0.05) is 11.8 Å². The lowest BCUT2D eigenvalue weighted by atomic mass is 10.1. The van der Waals surface area contributed by atoms with Crippen molar-refractivity contribution in [2.45, 2.75) is 20.0 Å². The van der Waals surface area contributed by atoms with Crippen LogP contribution in [0.15, 0.2) is 66.7 Å². The molecule has 0 aliphatic carbocycles. The maximum Gasteiger partial charge on any atom is 0.331 e. The minimum Gasteiger partial charge on any atom is -0.493 e. The van der Waals surface area contributed by atoms with Crippen molar-refractivity contribution >= 4 is 34.4 Å². The number of carbonyl (C=O) groups is 2. The van der Waals surface area contributed by atoms with Gasteiger partial charge >= 0.3 is 5.97 Å². The number of methoxy groups -OCH3 is 1. The third kappa shape index (κ3) is 5.85. The number of nitrogens with one attached hydrogen (secondary N) is 1. The smallest absolute Gasteiger partial charge is 0.331 e. The number of anilines is 1. The van der Waals surface area contributed by atoms with Crippen LogP contribution >= 0.6 is 0 Å². The Bertz CT molecular complexity index is 1110. The molecule has 1 N–H and O–H groups in total. The van der Waals surface area contributed by atoms with E-state index in [9.17, 15) is 9.59 Å². The summed E-state index contributed by atoms with van der Waals surface area (Å²) in [6.45, 7) is 3.90. The molecule has 0 aliphatic heterocycles. The van der Waals surface area contributed by atoms with Crippen LogP contribution in [0.4, 0.5) is 5.69 Å². The topological polar surface area (TPSA) is 73.9 Å². The van der Waals surface area contributed by atoms with Gasteiger partial charge in [-0.1, -0.05) is 36.4 Å². The van der Waals surface area contributed by atoms with Gasteiger partial charge in [-0.15, -0.1) is 0 Å². The summed E-state index contributed by atoms with van der Waals surface area (Å²) in [4.78, 5) is 24.5. The quantitative estimate of drug-likeness (QED) is 0.418. The summed E-state index contributed by atoms with van der Waals surface area (Å²) in [6, 6.07) is 18.8. The van der Waals surface area contributed by atoms with Gasteiger partial charge in [-0.25, -0.2) is 4.79 Å². The third-order valence-corrected chi connectivity index (χ3v) is 4.58. The molecule has 0 radical (unpaired) electrons. The largest absolute Gasteiger partial charge is 0.493 e. The highest BCUT2D eigenvalue weighted by atomic mass is 16.5. The molecule has 160 valence electrons. The van der Waals surface area contributed by atoms with Crippen LogP contribution in [-0.4, -0.2) is 31.7 Å². The Morgan fingerprint density at radius 1 is 1.00 bits per heavy atom. The van der Waals surface area contributed by atoms with E-state index in [2.05, 4.69) is 5.32 Å². The molecule has 0 heterocycles. The molecule has 1 atom stereocenters. The SMILES string of the molecule is CCOc1cc(/C=C/C(=O)O[C@H](C)C(=O)Nc2ccc3ccccc3c2)ccc1OC. The number of hydrogen-bond donors (Lipinski definition) is 1. The normalized spacial score (nSPS) is 11.8. The molecule has 0 aliphatic rings. The molecule has 0 bridgehead atoms. The predicted molar refractivity (Wildman–Crippen MR) is 121 cm³/mol. The first-order chi connectivity index (χ1) is 15.0. The van der Waals surface area contributed by atoms with Crippen LogP contribution in [0.1, 0.15) is 19.4 Å². The zero-order chi connectivity index (χ0) is 22.2.